The Morgan fingerprint density at radius 3 is 2.50 bits per heavy atom. The fraction of sp³-hybridized carbons (Fsp3) is 0.467. The molecule has 1 aliphatic heterocycles. The van der Waals surface area contributed by atoms with Gasteiger partial charge < -0.3 is 5.32 Å². The van der Waals surface area contributed by atoms with Crippen LogP contribution >= 0.6 is 0 Å². The van der Waals surface area contributed by atoms with E-state index in [-0.39, 0.29) is 17.5 Å². The zero-order chi connectivity index (χ0) is 14.1. The molecule has 3 rings (SSSR count). The Kier molecular flexibility index (Phi) is 3.42. The number of halogens is 1. The van der Waals surface area contributed by atoms with E-state index in [0.717, 1.165) is 30.6 Å². The van der Waals surface area contributed by atoms with Crippen LogP contribution in [0.25, 0.3) is 0 Å². The maximum absolute atomic E-state index is 13.8. The molecule has 2 fully saturated rings. The van der Waals surface area contributed by atoms with E-state index in [4.69, 9.17) is 0 Å². The smallest absolute Gasteiger partial charge is 0.325 e. The van der Waals surface area contributed by atoms with Crippen molar-refractivity contribution in [3.8, 4) is 0 Å². The molecular weight excluding hydrogens is 259 g/mol. The zero-order valence-electron chi connectivity index (χ0n) is 11.1. The van der Waals surface area contributed by atoms with Gasteiger partial charge in [-0.25, -0.2) is 14.1 Å². The third kappa shape index (κ3) is 2.17. The summed E-state index contributed by atoms with van der Waals surface area (Å²) in [4.78, 5) is 25.4. The van der Waals surface area contributed by atoms with E-state index in [9.17, 15) is 14.0 Å². The lowest BCUT2D eigenvalue weighted by Gasteiger charge is -2.25. The van der Waals surface area contributed by atoms with Crippen LogP contribution in [0.15, 0.2) is 24.3 Å². The second kappa shape index (κ2) is 5.23. The van der Waals surface area contributed by atoms with Gasteiger partial charge in [-0.15, -0.1) is 0 Å². The van der Waals surface area contributed by atoms with Crippen molar-refractivity contribution < 1.29 is 14.0 Å². The largest absolute Gasteiger partial charge is 0.329 e. The Bertz CT molecular complexity index is 540. The number of para-hydroxylation sites is 1. The number of carbonyl (C=O) groups is 2. The average Bonchev–Trinajstić information content (AvgIpc) is 2.76. The highest BCUT2D eigenvalue weighted by Crippen LogP contribution is 2.31. The maximum atomic E-state index is 13.8. The van der Waals surface area contributed by atoms with Gasteiger partial charge in [-0.3, -0.25) is 4.79 Å². The van der Waals surface area contributed by atoms with Crippen LogP contribution in [0.2, 0.25) is 0 Å². The number of benzene rings is 1. The van der Waals surface area contributed by atoms with Gasteiger partial charge in [-0.05, 0) is 30.9 Å². The Hall–Kier alpha value is -1.91. The number of hydrogen-bond acceptors (Lipinski definition) is 2. The summed E-state index contributed by atoms with van der Waals surface area (Å²) in [6, 6.07) is 4.85. The standard InChI is InChI=1S/C15H17FN2O2/c16-11-8-4-5-9-12(11)18-14(19)13(17-15(18)20)10-6-2-1-3-7-10/h4-5,8-10,13H,1-3,6-7H2,(H,17,20). The molecule has 1 aromatic carbocycles. The summed E-state index contributed by atoms with van der Waals surface area (Å²) in [5.41, 5.74) is 0.0355. The Morgan fingerprint density at radius 1 is 1.10 bits per heavy atom. The van der Waals surface area contributed by atoms with Crippen LogP contribution in [-0.4, -0.2) is 18.0 Å². The molecule has 20 heavy (non-hydrogen) atoms. The van der Waals surface area contributed by atoms with Crippen LogP contribution in [0.4, 0.5) is 14.9 Å². The van der Waals surface area contributed by atoms with Crippen molar-refractivity contribution in [3.63, 3.8) is 0 Å². The summed E-state index contributed by atoms with van der Waals surface area (Å²) in [6.07, 6.45) is 5.25. The molecule has 1 aliphatic carbocycles. The quantitative estimate of drug-likeness (QED) is 0.844. The fourth-order valence-electron chi connectivity index (χ4n) is 3.15. The lowest BCUT2D eigenvalue weighted by atomic mass is 9.84. The summed E-state index contributed by atoms with van der Waals surface area (Å²) < 4.78 is 13.8. The molecule has 5 heteroatoms. The Balaban J connectivity index is 1.85. The average molecular weight is 276 g/mol. The topological polar surface area (TPSA) is 49.4 Å². The Labute approximate surface area is 117 Å². The van der Waals surface area contributed by atoms with Crippen molar-refractivity contribution in [2.45, 2.75) is 38.1 Å². The van der Waals surface area contributed by atoms with E-state index in [2.05, 4.69) is 5.32 Å². The van der Waals surface area contributed by atoms with Crippen molar-refractivity contribution in [1.82, 2.24) is 5.32 Å². The van der Waals surface area contributed by atoms with Gasteiger partial charge in [0.25, 0.3) is 5.91 Å². The number of carbonyl (C=O) groups excluding carboxylic acids is 2. The first-order valence-corrected chi connectivity index (χ1v) is 7.07. The SMILES string of the molecule is O=C1NC(C2CCCCC2)C(=O)N1c1ccccc1F. The van der Waals surface area contributed by atoms with Crippen LogP contribution in [0.5, 0.6) is 0 Å². The monoisotopic (exact) mass is 276 g/mol. The summed E-state index contributed by atoms with van der Waals surface area (Å²) in [5, 5.41) is 2.72. The van der Waals surface area contributed by atoms with E-state index < -0.39 is 17.9 Å². The van der Waals surface area contributed by atoms with Crippen LogP contribution in [0.1, 0.15) is 32.1 Å². The van der Waals surface area contributed by atoms with E-state index in [0.29, 0.717) is 0 Å². The van der Waals surface area contributed by atoms with Gasteiger partial charge in [-0.1, -0.05) is 31.4 Å². The first-order chi connectivity index (χ1) is 9.68. The van der Waals surface area contributed by atoms with Crippen molar-refractivity contribution in [1.29, 1.82) is 0 Å². The molecule has 1 heterocycles. The summed E-state index contributed by atoms with van der Waals surface area (Å²) in [7, 11) is 0. The molecular formula is C15H17FN2O2. The molecule has 3 amide bonds. The lowest BCUT2D eigenvalue weighted by molar-refractivity contribution is -0.119. The van der Waals surface area contributed by atoms with Gasteiger partial charge in [0, 0.05) is 0 Å². The fourth-order valence-corrected chi connectivity index (χ4v) is 3.15. The third-order valence-corrected chi connectivity index (χ3v) is 4.18. The minimum absolute atomic E-state index is 0.0355. The first-order valence-electron chi connectivity index (χ1n) is 7.07. The molecule has 0 aromatic heterocycles. The van der Waals surface area contributed by atoms with E-state index in [1.54, 1.807) is 6.07 Å². The highest BCUT2D eigenvalue weighted by molar-refractivity contribution is 6.21. The predicted molar refractivity (Wildman–Crippen MR) is 72.8 cm³/mol. The number of rotatable bonds is 2. The molecule has 1 N–H and O–H groups in total. The number of amides is 3. The molecule has 1 saturated carbocycles. The summed E-state index contributed by atoms with van der Waals surface area (Å²) in [6.45, 7) is 0. The van der Waals surface area contributed by atoms with E-state index in [1.807, 2.05) is 0 Å². The minimum atomic E-state index is -0.555. The van der Waals surface area contributed by atoms with Crippen LogP contribution in [0, 0.1) is 11.7 Å². The number of anilines is 1. The zero-order valence-corrected chi connectivity index (χ0v) is 11.1. The number of hydrogen-bond donors (Lipinski definition) is 1. The van der Waals surface area contributed by atoms with Gasteiger partial charge >= 0.3 is 6.03 Å². The number of nitrogens with one attached hydrogen (secondary N) is 1. The van der Waals surface area contributed by atoms with Crippen LogP contribution in [-0.2, 0) is 4.79 Å². The van der Waals surface area contributed by atoms with Crippen molar-refractivity contribution in [2.75, 3.05) is 4.90 Å². The van der Waals surface area contributed by atoms with Crippen molar-refractivity contribution >= 4 is 17.6 Å². The van der Waals surface area contributed by atoms with Crippen molar-refractivity contribution in [3.05, 3.63) is 30.1 Å². The highest BCUT2D eigenvalue weighted by atomic mass is 19.1. The molecule has 0 bridgehead atoms. The van der Waals surface area contributed by atoms with Gasteiger partial charge in [0.2, 0.25) is 0 Å². The van der Waals surface area contributed by atoms with Gasteiger partial charge in [-0.2, -0.15) is 0 Å². The summed E-state index contributed by atoms with van der Waals surface area (Å²) >= 11 is 0. The van der Waals surface area contributed by atoms with Crippen LogP contribution in [0.3, 0.4) is 0 Å². The highest BCUT2D eigenvalue weighted by Gasteiger charge is 2.43. The third-order valence-electron chi connectivity index (χ3n) is 4.18. The Morgan fingerprint density at radius 2 is 1.80 bits per heavy atom. The molecule has 1 atom stereocenters. The molecule has 106 valence electrons. The van der Waals surface area contributed by atoms with Gasteiger partial charge in [0.1, 0.15) is 11.9 Å². The van der Waals surface area contributed by atoms with Gasteiger partial charge in [0.15, 0.2) is 0 Å². The molecule has 0 radical (unpaired) electrons. The molecule has 1 aromatic rings. The van der Waals surface area contributed by atoms with E-state index >= 15 is 0 Å². The van der Waals surface area contributed by atoms with Crippen LogP contribution < -0.4 is 10.2 Å². The second-order valence-electron chi connectivity index (χ2n) is 5.45. The molecule has 1 saturated heterocycles. The predicted octanol–water partition coefficient (Wildman–Crippen LogP) is 2.83. The molecule has 2 aliphatic rings. The lowest BCUT2D eigenvalue weighted by Crippen LogP contribution is -2.38. The molecule has 0 spiro atoms. The second-order valence-corrected chi connectivity index (χ2v) is 5.45. The number of urea groups is 1. The maximum Gasteiger partial charge on any atom is 0.329 e. The summed E-state index contributed by atoms with van der Waals surface area (Å²) in [5.74, 6) is -0.704. The molecule has 4 nitrogen and oxygen atoms in total. The number of imide groups is 1. The minimum Gasteiger partial charge on any atom is -0.325 e. The molecule has 1 unspecified atom stereocenters. The van der Waals surface area contributed by atoms with Crippen molar-refractivity contribution in [2.24, 2.45) is 5.92 Å². The first kappa shape index (κ1) is 13.1. The van der Waals surface area contributed by atoms with E-state index in [1.165, 1.54) is 24.6 Å². The number of nitrogens with zero attached hydrogens (tertiary/aromatic N) is 1. The normalized spacial score (nSPS) is 24.1. The van der Waals surface area contributed by atoms with Gasteiger partial charge in [0.05, 0.1) is 5.69 Å².